The van der Waals surface area contributed by atoms with Gasteiger partial charge in [-0.2, -0.15) is 10.2 Å². The molecule has 0 aliphatic rings. The van der Waals surface area contributed by atoms with Crippen molar-refractivity contribution in [3.63, 3.8) is 0 Å². The van der Waals surface area contributed by atoms with Crippen molar-refractivity contribution in [2.24, 2.45) is 14.1 Å². The van der Waals surface area contributed by atoms with Crippen molar-refractivity contribution in [2.75, 3.05) is 23.7 Å². The lowest BCUT2D eigenvalue weighted by Gasteiger charge is -2.13. The van der Waals surface area contributed by atoms with E-state index in [1.54, 1.807) is 0 Å². The van der Waals surface area contributed by atoms with E-state index in [4.69, 9.17) is 9.97 Å². The van der Waals surface area contributed by atoms with Gasteiger partial charge < -0.3 is 10.6 Å². The summed E-state index contributed by atoms with van der Waals surface area (Å²) in [4.78, 5) is 9.69. The van der Waals surface area contributed by atoms with E-state index in [0.29, 0.717) is 0 Å². The number of hydrogen-bond acceptors (Lipinski definition) is 6. The fourth-order valence-electron chi connectivity index (χ4n) is 5.24. The van der Waals surface area contributed by atoms with Gasteiger partial charge in [-0.3, -0.25) is 9.36 Å². The zero-order valence-electron chi connectivity index (χ0n) is 21.1. The van der Waals surface area contributed by atoms with Crippen LogP contribution < -0.4 is 10.6 Å². The first-order valence-corrected chi connectivity index (χ1v) is 12.4. The maximum atomic E-state index is 4.85. The third-order valence-electron chi connectivity index (χ3n) is 6.89. The van der Waals surface area contributed by atoms with E-state index in [1.165, 1.54) is 0 Å². The Morgan fingerprint density at radius 1 is 0.639 bits per heavy atom. The fraction of sp³-hybridized carbons (Fsp3) is 0.286. The zero-order valence-corrected chi connectivity index (χ0v) is 21.1. The van der Waals surface area contributed by atoms with Crippen molar-refractivity contribution in [3.05, 3.63) is 59.9 Å². The van der Waals surface area contributed by atoms with Crippen molar-refractivity contribution < 1.29 is 0 Å². The Hall–Kier alpha value is -4.20. The zero-order chi connectivity index (χ0) is 24.8. The summed E-state index contributed by atoms with van der Waals surface area (Å²) in [5.41, 5.74) is 8.04. The Bertz CT molecular complexity index is 1610. The minimum atomic E-state index is 0.873. The Balaban J connectivity index is 1.19. The Morgan fingerprint density at radius 2 is 1.06 bits per heavy atom. The summed E-state index contributed by atoms with van der Waals surface area (Å²) in [6.45, 7) is 5.84. The molecule has 4 aromatic heterocycles. The maximum Gasteiger partial charge on any atom is 0.160 e. The van der Waals surface area contributed by atoms with Crippen LogP contribution in [0.15, 0.2) is 48.5 Å². The van der Waals surface area contributed by atoms with Gasteiger partial charge in [-0.1, -0.05) is 36.4 Å². The number of pyridine rings is 2. The first-order chi connectivity index (χ1) is 17.5. The standard InChI is InChI=1S/C28H30N8/c1-17-23-25(19-11-5-7-13-21(19)31-27(23)35(3)33-17)29-15-9-10-16-30-26-20-12-6-8-14-22(20)32-28-24(26)18(2)34-36(28)4/h5-8,11-14H,9-10,15-16H2,1-4H3,(H,29,31)(H,30,32). The molecule has 8 nitrogen and oxygen atoms in total. The first kappa shape index (κ1) is 22.3. The summed E-state index contributed by atoms with van der Waals surface area (Å²) in [5.74, 6) is 0. The number of nitrogens with zero attached hydrogens (tertiary/aromatic N) is 6. The van der Waals surface area contributed by atoms with Crippen LogP contribution in [0.5, 0.6) is 0 Å². The fourth-order valence-corrected chi connectivity index (χ4v) is 5.24. The third kappa shape index (κ3) is 3.61. The average molecular weight is 479 g/mol. The molecular formula is C28H30N8. The van der Waals surface area contributed by atoms with Crippen LogP contribution >= 0.6 is 0 Å². The number of benzene rings is 2. The molecule has 4 heterocycles. The lowest BCUT2D eigenvalue weighted by Crippen LogP contribution is -2.08. The Morgan fingerprint density at radius 3 is 1.50 bits per heavy atom. The van der Waals surface area contributed by atoms with Gasteiger partial charge in [0.15, 0.2) is 11.3 Å². The number of para-hydroxylation sites is 2. The van der Waals surface area contributed by atoms with Crippen LogP contribution in [-0.4, -0.2) is 42.6 Å². The molecule has 0 atom stereocenters. The van der Waals surface area contributed by atoms with Crippen molar-refractivity contribution in [3.8, 4) is 0 Å². The second-order valence-corrected chi connectivity index (χ2v) is 9.38. The second kappa shape index (κ2) is 8.78. The van der Waals surface area contributed by atoms with Crippen LogP contribution in [0, 0.1) is 13.8 Å². The van der Waals surface area contributed by atoms with Crippen molar-refractivity contribution in [1.29, 1.82) is 0 Å². The largest absolute Gasteiger partial charge is 0.384 e. The molecule has 0 amide bonds. The number of aryl methyl sites for hydroxylation is 4. The molecule has 0 spiro atoms. The van der Waals surface area contributed by atoms with Gasteiger partial charge in [-0.05, 0) is 38.8 Å². The number of fused-ring (bicyclic) bond motifs is 4. The van der Waals surface area contributed by atoms with Gasteiger partial charge in [0.1, 0.15) is 0 Å². The molecule has 6 aromatic rings. The number of rotatable bonds is 7. The van der Waals surface area contributed by atoms with E-state index >= 15 is 0 Å². The number of nitrogens with one attached hydrogen (secondary N) is 2. The smallest absolute Gasteiger partial charge is 0.160 e. The van der Waals surface area contributed by atoms with Gasteiger partial charge in [0.25, 0.3) is 0 Å². The molecule has 0 radical (unpaired) electrons. The summed E-state index contributed by atoms with van der Waals surface area (Å²) in [6, 6.07) is 16.6. The molecule has 0 saturated carbocycles. The van der Waals surface area contributed by atoms with Gasteiger partial charge in [0.2, 0.25) is 0 Å². The number of unbranched alkanes of at least 4 members (excludes halogenated alkanes) is 1. The molecule has 0 aliphatic heterocycles. The van der Waals surface area contributed by atoms with E-state index in [9.17, 15) is 0 Å². The quantitative estimate of drug-likeness (QED) is 0.296. The summed E-state index contributed by atoms with van der Waals surface area (Å²) in [5, 5.41) is 21.1. The average Bonchev–Trinajstić information content (AvgIpc) is 3.33. The van der Waals surface area contributed by atoms with Gasteiger partial charge in [0.05, 0.1) is 44.6 Å². The number of hydrogen-bond donors (Lipinski definition) is 2. The molecule has 182 valence electrons. The van der Waals surface area contributed by atoms with Gasteiger partial charge in [0, 0.05) is 38.0 Å². The van der Waals surface area contributed by atoms with E-state index in [2.05, 4.69) is 57.2 Å². The third-order valence-corrected chi connectivity index (χ3v) is 6.89. The Kier molecular flexibility index (Phi) is 5.44. The summed E-state index contributed by atoms with van der Waals surface area (Å²) in [7, 11) is 3.91. The lowest BCUT2D eigenvalue weighted by atomic mass is 10.1. The van der Waals surface area contributed by atoms with E-state index in [1.807, 2.05) is 49.4 Å². The molecule has 6 rings (SSSR count). The predicted molar refractivity (Wildman–Crippen MR) is 148 cm³/mol. The molecule has 36 heavy (non-hydrogen) atoms. The highest BCUT2D eigenvalue weighted by Crippen LogP contribution is 2.34. The topological polar surface area (TPSA) is 85.5 Å². The first-order valence-electron chi connectivity index (χ1n) is 12.4. The van der Waals surface area contributed by atoms with Crippen LogP contribution in [0.1, 0.15) is 24.2 Å². The van der Waals surface area contributed by atoms with E-state index in [-0.39, 0.29) is 0 Å². The number of aromatic nitrogens is 6. The predicted octanol–water partition coefficient (Wildman–Crippen LogP) is 5.48. The normalized spacial score (nSPS) is 11.8. The minimum Gasteiger partial charge on any atom is -0.384 e. The summed E-state index contributed by atoms with van der Waals surface area (Å²) < 4.78 is 3.73. The molecule has 2 aromatic carbocycles. The number of anilines is 2. The minimum absolute atomic E-state index is 0.873. The van der Waals surface area contributed by atoms with E-state index in [0.717, 1.165) is 92.6 Å². The van der Waals surface area contributed by atoms with E-state index < -0.39 is 0 Å². The molecular weight excluding hydrogens is 448 g/mol. The molecule has 8 heteroatoms. The van der Waals surface area contributed by atoms with Crippen molar-refractivity contribution in [1.82, 2.24) is 29.5 Å². The second-order valence-electron chi connectivity index (χ2n) is 9.38. The SMILES string of the molecule is Cc1nn(C)c2nc3ccccc3c(NCCCCNc3c4ccccc4nc4c3c(C)nn4C)c12. The van der Waals surface area contributed by atoms with Crippen LogP contribution in [0.3, 0.4) is 0 Å². The highest BCUT2D eigenvalue weighted by molar-refractivity contribution is 6.08. The summed E-state index contributed by atoms with van der Waals surface area (Å²) >= 11 is 0. The van der Waals surface area contributed by atoms with Crippen LogP contribution in [-0.2, 0) is 14.1 Å². The monoisotopic (exact) mass is 478 g/mol. The van der Waals surface area contributed by atoms with Gasteiger partial charge >= 0.3 is 0 Å². The highest BCUT2D eigenvalue weighted by atomic mass is 15.3. The highest BCUT2D eigenvalue weighted by Gasteiger charge is 2.16. The molecule has 0 fully saturated rings. The molecule has 0 unspecified atom stereocenters. The maximum absolute atomic E-state index is 4.85. The van der Waals surface area contributed by atoms with Crippen molar-refractivity contribution in [2.45, 2.75) is 26.7 Å². The molecule has 0 bridgehead atoms. The van der Waals surface area contributed by atoms with Crippen LogP contribution in [0.4, 0.5) is 11.4 Å². The van der Waals surface area contributed by atoms with Crippen molar-refractivity contribution >= 4 is 55.2 Å². The Labute approximate surface area is 209 Å². The molecule has 0 aliphatic carbocycles. The lowest BCUT2D eigenvalue weighted by molar-refractivity contribution is 0.775. The van der Waals surface area contributed by atoms with Gasteiger partial charge in [-0.25, -0.2) is 9.97 Å². The van der Waals surface area contributed by atoms with Gasteiger partial charge in [-0.15, -0.1) is 0 Å². The van der Waals surface area contributed by atoms with Crippen LogP contribution in [0.25, 0.3) is 43.9 Å². The molecule has 0 saturated heterocycles. The molecule has 2 N–H and O–H groups in total. The van der Waals surface area contributed by atoms with Crippen LogP contribution in [0.2, 0.25) is 0 Å². The summed E-state index contributed by atoms with van der Waals surface area (Å²) in [6.07, 6.45) is 2.06.